The van der Waals surface area contributed by atoms with Gasteiger partial charge >= 0.3 is 6.18 Å². The predicted octanol–water partition coefficient (Wildman–Crippen LogP) is 3.47. The standard InChI is InChI=1S/C13H7F4NO/c14-10-4-1-8(2-5-10)12(19)9-3-6-11(18-7-9)13(15,16)17/h1-7H. The molecule has 0 aliphatic rings. The lowest BCUT2D eigenvalue weighted by Crippen LogP contribution is -2.09. The number of carbonyl (C=O) groups is 1. The summed E-state index contributed by atoms with van der Waals surface area (Å²) >= 11 is 0. The molecule has 2 aromatic rings. The van der Waals surface area contributed by atoms with Crippen LogP contribution in [0.15, 0.2) is 42.6 Å². The number of aromatic nitrogens is 1. The lowest BCUT2D eigenvalue weighted by atomic mass is 10.0. The molecule has 1 aromatic heterocycles. The van der Waals surface area contributed by atoms with Crippen LogP contribution < -0.4 is 0 Å². The molecule has 0 bridgehead atoms. The number of benzene rings is 1. The number of nitrogens with zero attached hydrogens (tertiary/aromatic N) is 1. The predicted molar refractivity (Wildman–Crippen MR) is 59.1 cm³/mol. The van der Waals surface area contributed by atoms with Crippen molar-refractivity contribution in [2.45, 2.75) is 6.18 Å². The third kappa shape index (κ3) is 2.96. The van der Waals surface area contributed by atoms with Crippen LogP contribution >= 0.6 is 0 Å². The van der Waals surface area contributed by atoms with Crippen molar-refractivity contribution in [1.29, 1.82) is 0 Å². The smallest absolute Gasteiger partial charge is 0.289 e. The summed E-state index contributed by atoms with van der Waals surface area (Å²) < 4.78 is 49.6. The van der Waals surface area contributed by atoms with Gasteiger partial charge in [-0.1, -0.05) is 0 Å². The first-order chi connectivity index (χ1) is 8.88. The number of carbonyl (C=O) groups excluding carboxylic acids is 1. The van der Waals surface area contributed by atoms with Crippen molar-refractivity contribution >= 4 is 5.78 Å². The van der Waals surface area contributed by atoms with Crippen LogP contribution in [-0.2, 0) is 6.18 Å². The van der Waals surface area contributed by atoms with E-state index < -0.39 is 23.5 Å². The Morgan fingerprint density at radius 3 is 2.00 bits per heavy atom. The molecule has 0 amide bonds. The Morgan fingerprint density at radius 1 is 0.947 bits per heavy atom. The van der Waals surface area contributed by atoms with Gasteiger partial charge in [0.25, 0.3) is 0 Å². The van der Waals surface area contributed by atoms with E-state index in [0.29, 0.717) is 0 Å². The lowest BCUT2D eigenvalue weighted by Gasteiger charge is -2.06. The van der Waals surface area contributed by atoms with E-state index in [9.17, 15) is 22.4 Å². The molecule has 1 aromatic carbocycles. The molecule has 0 N–H and O–H groups in total. The van der Waals surface area contributed by atoms with Crippen LogP contribution in [0.25, 0.3) is 0 Å². The largest absolute Gasteiger partial charge is 0.433 e. The SMILES string of the molecule is O=C(c1ccc(F)cc1)c1ccc(C(F)(F)F)nc1. The quantitative estimate of drug-likeness (QED) is 0.617. The van der Waals surface area contributed by atoms with E-state index in [1.54, 1.807) is 0 Å². The number of pyridine rings is 1. The van der Waals surface area contributed by atoms with Crippen LogP contribution in [0.5, 0.6) is 0 Å². The van der Waals surface area contributed by atoms with E-state index in [1.165, 1.54) is 12.1 Å². The fourth-order valence-electron chi connectivity index (χ4n) is 1.46. The maximum absolute atomic E-state index is 12.7. The summed E-state index contributed by atoms with van der Waals surface area (Å²) in [6.45, 7) is 0. The van der Waals surface area contributed by atoms with Gasteiger partial charge in [-0.25, -0.2) is 4.39 Å². The number of hydrogen-bond donors (Lipinski definition) is 0. The molecule has 0 atom stereocenters. The lowest BCUT2D eigenvalue weighted by molar-refractivity contribution is -0.141. The van der Waals surface area contributed by atoms with Crippen LogP contribution in [0, 0.1) is 5.82 Å². The fourth-order valence-corrected chi connectivity index (χ4v) is 1.46. The van der Waals surface area contributed by atoms with Gasteiger partial charge in [0, 0.05) is 17.3 Å². The molecule has 6 heteroatoms. The van der Waals surface area contributed by atoms with E-state index in [4.69, 9.17) is 0 Å². The third-order valence-corrected chi connectivity index (χ3v) is 2.42. The van der Waals surface area contributed by atoms with Crippen molar-refractivity contribution in [2.75, 3.05) is 0 Å². The topological polar surface area (TPSA) is 30.0 Å². The normalized spacial score (nSPS) is 11.4. The van der Waals surface area contributed by atoms with Crippen molar-refractivity contribution in [1.82, 2.24) is 4.98 Å². The highest BCUT2D eigenvalue weighted by Gasteiger charge is 2.32. The highest BCUT2D eigenvalue weighted by atomic mass is 19.4. The number of alkyl halides is 3. The third-order valence-electron chi connectivity index (χ3n) is 2.42. The molecule has 0 saturated heterocycles. The molecule has 0 spiro atoms. The van der Waals surface area contributed by atoms with Crippen molar-refractivity contribution in [3.63, 3.8) is 0 Å². The van der Waals surface area contributed by atoms with Crippen LogP contribution in [0.1, 0.15) is 21.6 Å². The van der Waals surface area contributed by atoms with Crippen molar-refractivity contribution < 1.29 is 22.4 Å². The first-order valence-corrected chi connectivity index (χ1v) is 5.21. The summed E-state index contributed by atoms with van der Waals surface area (Å²) in [4.78, 5) is 15.1. The Bertz CT molecular complexity index is 588. The van der Waals surface area contributed by atoms with E-state index in [1.807, 2.05) is 0 Å². The second-order valence-electron chi connectivity index (χ2n) is 3.77. The summed E-state index contributed by atoms with van der Waals surface area (Å²) in [5.74, 6) is -1.01. The second-order valence-corrected chi connectivity index (χ2v) is 3.77. The monoisotopic (exact) mass is 269 g/mol. The van der Waals surface area contributed by atoms with Gasteiger partial charge in [0.2, 0.25) is 0 Å². The Balaban J connectivity index is 2.27. The first-order valence-electron chi connectivity index (χ1n) is 5.21. The zero-order chi connectivity index (χ0) is 14.0. The van der Waals surface area contributed by atoms with E-state index in [0.717, 1.165) is 30.5 Å². The molecule has 0 fully saturated rings. The average Bonchev–Trinajstić information content (AvgIpc) is 2.38. The summed E-state index contributed by atoms with van der Waals surface area (Å²) in [5, 5.41) is 0. The summed E-state index contributed by atoms with van der Waals surface area (Å²) in [6, 6.07) is 6.50. The van der Waals surface area contributed by atoms with Gasteiger partial charge in [-0.15, -0.1) is 0 Å². The Labute approximate surface area is 105 Å². The minimum atomic E-state index is -4.54. The van der Waals surface area contributed by atoms with Crippen LogP contribution in [0.4, 0.5) is 17.6 Å². The summed E-state index contributed by atoms with van der Waals surface area (Å²) in [5.41, 5.74) is -0.870. The van der Waals surface area contributed by atoms with Gasteiger partial charge in [-0.05, 0) is 36.4 Å². The van der Waals surface area contributed by atoms with Crippen LogP contribution in [0.3, 0.4) is 0 Å². The maximum atomic E-state index is 12.7. The maximum Gasteiger partial charge on any atom is 0.433 e. The molecule has 98 valence electrons. The van der Waals surface area contributed by atoms with Crippen LogP contribution in [0.2, 0.25) is 0 Å². The first kappa shape index (κ1) is 13.2. The summed E-state index contributed by atoms with van der Waals surface area (Å²) in [7, 11) is 0. The van der Waals surface area contributed by atoms with Crippen molar-refractivity contribution in [3.05, 3.63) is 65.2 Å². The van der Waals surface area contributed by atoms with Gasteiger partial charge in [-0.3, -0.25) is 9.78 Å². The van der Waals surface area contributed by atoms with E-state index in [2.05, 4.69) is 4.98 Å². The molecule has 2 rings (SSSR count). The molecule has 19 heavy (non-hydrogen) atoms. The highest BCUT2D eigenvalue weighted by molar-refractivity contribution is 6.08. The Morgan fingerprint density at radius 2 is 1.53 bits per heavy atom. The molecule has 0 radical (unpaired) electrons. The Kier molecular flexibility index (Phi) is 3.33. The zero-order valence-electron chi connectivity index (χ0n) is 9.41. The van der Waals surface area contributed by atoms with E-state index >= 15 is 0 Å². The highest BCUT2D eigenvalue weighted by Crippen LogP contribution is 2.27. The molecule has 2 nitrogen and oxygen atoms in total. The summed E-state index contributed by atoms with van der Waals surface area (Å²) in [6.07, 6.45) is -3.69. The second kappa shape index (κ2) is 4.79. The van der Waals surface area contributed by atoms with Crippen molar-refractivity contribution in [2.24, 2.45) is 0 Å². The van der Waals surface area contributed by atoms with Crippen LogP contribution in [-0.4, -0.2) is 10.8 Å². The van der Waals surface area contributed by atoms with Gasteiger partial charge in [0.15, 0.2) is 5.78 Å². The molecular formula is C13H7F4NO. The number of ketones is 1. The van der Waals surface area contributed by atoms with Gasteiger partial charge < -0.3 is 0 Å². The molecule has 1 heterocycles. The van der Waals surface area contributed by atoms with Gasteiger partial charge in [0.05, 0.1) is 0 Å². The average molecular weight is 269 g/mol. The molecule has 0 unspecified atom stereocenters. The molecular weight excluding hydrogens is 262 g/mol. The Hall–Kier alpha value is -2.24. The minimum Gasteiger partial charge on any atom is -0.289 e. The fraction of sp³-hybridized carbons (Fsp3) is 0.0769. The van der Waals surface area contributed by atoms with E-state index in [-0.39, 0.29) is 11.1 Å². The number of rotatable bonds is 2. The molecule has 0 aliphatic carbocycles. The number of halogens is 4. The van der Waals surface area contributed by atoms with Gasteiger partial charge in [0.1, 0.15) is 11.5 Å². The van der Waals surface area contributed by atoms with Crippen molar-refractivity contribution in [3.8, 4) is 0 Å². The number of hydrogen-bond acceptors (Lipinski definition) is 2. The zero-order valence-corrected chi connectivity index (χ0v) is 9.41. The molecule has 0 saturated carbocycles. The van der Waals surface area contributed by atoms with Gasteiger partial charge in [-0.2, -0.15) is 13.2 Å². The molecule has 0 aliphatic heterocycles. The minimum absolute atomic E-state index is 0.0135.